The molecular formula is C14H18INO3. The van der Waals surface area contributed by atoms with Crippen molar-refractivity contribution < 1.29 is 14.7 Å². The van der Waals surface area contributed by atoms with Gasteiger partial charge in [0.05, 0.1) is 6.42 Å². The van der Waals surface area contributed by atoms with Gasteiger partial charge in [-0.2, -0.15) is 0 Å². The highest BCUT2D eigenvalue weighted by Crippen LogP contribution is 2.10. The van der Waals surface area contributed by atoms with Crippen LogP contribution in [0.2, 0.25) is 0 Å². The lowest BCUT2D eigenvalue weighted by molar-refractivity contribution is -0.144. The smallest absolute Gasteiger partial charge is 0.323 e. The Morgan fingerprint density at radius 2 is 2.05 bits per heavy atom. The van der Waals surface area contributed by atoms with Crippen LogP contribution >= 0.6 is 22.6 Å². The molecule has 0 aliphatic rings. The lowest BCUT2D eigenvalue weighted by Gasteiger charge is -2.22. The fourth-order valence-corrected chi connectivity index (χ4v) is 2.40. The maximum atomic E-state index is 12.2. The minimum absolute atomic E-state index is 0.141. The molecule has 0 radical (unpaired) electrons. The van der Waals surface area contributed by atoms with Crippen molar-refractivity contribution in [2.75, 3.05) is 13.1 Å². The van der Waals surface area contributed by atoms with Crippen molar-refractivity contribution in [3.05, 3.63) is 33.4 Å². The van der Waals surface area contributed by atoms with Gasteiger partial charge in [0, 0.05) is 10.1 Å². The molecule has 0 heterocycles. The van der Waals surface area contributed by atoms with E-state index in [9.17, 15) is 9.59 Å². The van der Waals surface area contributed by atoms with E-state index in [1.165, 1.54) is 4.90 Å². The molecule has 1 amide bonds. The number of rotatable bonds is 6. The summed E-state index contributed by atoms with van der Waals surface area (Å²) in [6, 6.07) is 7.67. The third-order valence-corrected chi connectivity index (χ3v) is 3.18. The summed E-state index contributed by atoms with van der Waals surface area (Å²) in [5, 5.41) is 8.86. The number of benzene rings is 1. The molecule has 104 valence electrons. The lowest BCUT2D eigenvalue weighted by Crippen LogP contribution is -2.39. The van der Waals surface area contributed by atoms with E-state index in [-0.39, 0.29) is 24.8 Å². The zero-order valence-corrected chi connectivity index (χ0v) is 13.3. The van der Waals surface area contributed by atoms with Gasteiger partial charge >= 0.3 is 5.97 Å². The number of carboxylic acid groups (broad SMARTS) is 1. The van der Waals surface area contributed by atoms with Gasteiger partial charge in [0.15, 0.2) is 0 Å². The Hall–Kier alpha value is -1.11. The Bertz CT molecular complexity index is 460. The minimum Gasteiger partial charge on any atom is -0.480 e. The maximum absolute atomic E-state index is 12.2. The Kier molecular flexibility index (Phi) is 6.27. The number of carbonyl (C=O) groups is 2. The first kappa shape index (κ1) is 15.9. The zero-order valence-electron chi connectivity index (χ0n) is 11.1. The van der Waals surface area contributed by atoms with Crippen LogP contribution in [0.4, 0.5) is 0 Å². The SMILES string of the molecule is CC(C)CN(CC(=O)O)C(=O)Cc1cccc(I)c1. The Labute approximate surface area is 126 Å². The van der Waals surface area contributed by atoms with Crippen LogP contribution in [0.15, 0.2) is 24.3 Å². The van der Waals surface area contributed by atoms with Gasteiger partial charge in [-0.15, -0.1) is 0 Å². The molecule has 0 aliphatic heterocycles. The normalized spacial score (nSPS) is 10.5. The summed E-state index contributed by atoms with van der Waals surface area (Å²) in [5.74, 6) is -0.867. The molecule has 5 heteroatoms. The van der Waals surface area contributed by atoms with E-state index in [1.54, 1.807) is 0 Å². The number of hydrogen-bond acceptors (Lipinski definition) is 2. The number of aliphatic carboxylic acids is 1. The average Bonchev–Trinajstić information content (AvgIpc) is 2.26. The van der Waals surface area contributed by atoms with Crippen LogP contribution in [0.5, 0.6) is 0 Å². The first-order valence-corrected chi connectivity index (χ1v) is 7.20. The second-order valence-electron chi connectivity index (χ2n) is 4.87. The summed E-state index contributed by atoms with van der Waals surface area (Å²) in [6.45, 7) is 4.16. The van der Waals surface area contributed by atoms with Crippen LogP contribution in [0.1, 0.15) is 19.4 Å². The van der Waals surface area contributed by atoms with Gasteiger partial charge < -0.3 is 10.0 Å². The molecular weight excluding hydrogens is 357 g/mol. The molecule has 0 spiro atoms. The number of carboxylic acids is 1. The zero-order chi connectivity index (χ0) is 14.4. The summed E-state index contributed by atoms with van der Waals surface area (Å²) in [6.07, 6.45) is 0.247. The van der Waals surface area contributed by atoms with E-state index in [4.69, 9.17) is 5.11 Å². The molecule has 0 aromatic heterocycles. The predicted octanol–water partition coefficient (Wildman–Crippen LogP) is 2.40. The van der Waals surface area contributed by atoms with Crippen molar-refractivity contribution in [2.24, 2.45) is 5.92 Å². The largest absolute Gasteiger partial charge is 0.480 e. The molecule has 0 unspecified atom stereocenters. The molecule has 0 atom stereocenters. The molecule has 19 heavy (non-hydrogen) atoms. The topological polar surface area (TPSA) is 57.6 Å². The quantitative estimate of drug-likeness (QED) is 0.777. The van der Waals surface area contributed by atoms with Gasteiger partial charge in [-0.1, -0.05) is 26.0 Å². The fourth-order valence-electron chi connectivity index (χ4n) is 1.79. The second-order valence-corrected chi connectivity index (χ2v) is 6.11. The van der Waals surface area contributed by atoms with E-state index in [1.807, 2.05) is 38.1 Å². The fraction of sp³-hybridized carbons (Fsp3) is 0.429. The van der Waals surface area contributed by atoms with Crippen LogP contribution in [0.3, 0.4) is 0 Å². The molecule has 0 saturated carbocycles. The number of amides is 1. The Balaban J connectivity index is 2.73. The van der Waals surface area contributed by atoms with E-state index in [2.05, 4.69) is 22.6 Å². The van der Waals surface area contributed by atoms with Gasteiger partial charge in [0.2, 0.25) is 5.91 Å². The molecule has 4 nitrogen and oxygen atoms in total. The molecule has 0 saturated heterocycles. The lowest BCUT2D eigenvalue weighted by atomic mass is 10.1. The first-order valence-electron chi connectivity index (χ1n) is 6.12. The molecule has 1 rings (SSSR count). The summed E-state index contributed by atoms with van der Waals surface area (Å²) in [5.41, 5.74) is 0.913. The van der Waals surface area contributed by atoms with Crippen molar-refractivity contribution in [3.8, 4) is 0 Å². The van der Waals surface area contributed by atoms with Gasteiger partial charge in [0.25, 0.3) is 0 Å². The molecule has 1 aromatic rings. The number of hydrogen-bond donors (Lipinski definition) is 1. The van der Waals surface area contributed by atoms with Crippen molar-refractivity contribution in [2.45, 2.75) is 20.3 Å². The van der Waals surface area contributed by atoms with Crippen LogP contribution in [-0.4, -0.2) is 35.0 Å². The summed E-state index contributed by atoms with van der Waals surface area (Å²) >= 11 is 2.19. The Morgan fingerprint density at radius 3 is 2.58 bits per heavy atom. The molecule has 0 bridgehead atoms. The van der Waals surface area contributed by atoms with Gasteiger partial charge in [0.1, 0.15) is 6.54 Å². The van der Waals surface area contributed by atoms with Gasteiger partial charge in [-0.25, -0.2) is 0 Å². The number of nitrogens with zero attached hydrogens (tertiary/aromatic N) is 1. The monoisotopic (exact) mass is 375 g/mol. The summed E-state index contributed by atoms with van der Waals surface area (Å²) in [7, 11) is 0. The second kappa shape index (κ2) is 7.47. The third kappa shape index (κ3) is 6.04. The molecule has 1 N–H and O–H groups in total. The van der Waals surface area contributed by atoms with E-state index in [0.717, 1.165) is 9.13 Å². The molecule has 0 fully saturated rings. The maximum Gasteiger partial charge on any atom is 0.323 e. The summed E-state index contributed by atoms with van der Waals surface area (Å²) < 4.78 is 1.07. The first-order chi connectivity index (χ1) is 8.88. The number of halogens is 1. The molecule has 0 aliphatic carbocycles. The van der Waals surface area contributed by atoms with E-state index < -0.39 is 5.97 Å². The van der Waals surface area contributed by atoms with Crippen LogP contribution in [0, 0.1) is 9.49 Å². The van der Waals surface area contributed by atoms with Crippen LogP contribution in [0.25, 0.3) is 0 Å². The van der Waals surface area contributed by atoms with E-state index in [0.29, 0.717) is 6.54 Å². The summed E-state index contributed by atoms with van der Waals surface area (Å²) in [4.78, 5) is 24.4. The third-order valence-electron chi connectivity index (χ3n) is 2.51. The van der Waals surface area contributed by atoms with Crippen molar-refractivity contribution >= 4 is 34.5 Å². The van der Waals surface area contributed by atoms with E-state index >= 15 is 0 Å². The highest BCUT2D eigenvalue weighted by Gasteiger charge is 2.18. The Morgan fingerprint density at radius 1 is 1.37 bits per heavy atom. The van der Waals surface area contributed by atoms with Crippen LogP contribution in [-0.2, 0) is 16.0 Å². The average molecular weight is 375 g/mol. The minimum atomic E-state index is -0.975. The van der Waals surface area contributed by atoms with Gasteiger partial charge in [-0.3, -0.25) is 9.59 Å². The van der Waals surface area contributed by atoms with Crippen molar-refractivity contribution in [3.63, 3.8) is 0 Å². The highest BCUT2D eigenvalue weighted by atomic mass is 127. The van der Waals surface area contributed by atoms with Gasteiger partial charge in [-0.05, 0) is 46.2 Å². The molecule has 1 aromatic carbocycles. The van der Waals surface area contributed by atoms with Crippen molar-refractivity contribution in [1.82, 2.24) is 4.90 Å². The number of carbonyl (C=O) groups excluding carboxylic acids is 1. The highest BCUT2D eigenvalue weighted by molar-refractivity contribution is 14.1. The predicted molar refractivity (Wildman–Crippen MR) is 81.9 cm³/mol. The van der Waals surface area contributed by atoms with Crippen LogP contribution < -0.4 is 0 Å². The van der Waals surface area contributed by atoms with Crippen molar-refractivity contribution in [1.29, 1.82) is 0 Å². The standard InChI is InChI=1S/C14H18INO3/c1-10(2)8-16(9-14(18)19)13(17)7-11-4-3-5-12(15)6-11/h3-6,10H,7-9H2,1-2H3,(H,18,19).